The molecule has 1 amide bonds. The van der Waals surface area contributed by atoms with Crippen LogP contribution in [0.25, 0.3) is 5.65 Å². The summed E-state index contributed by atoms with van der Waals surface area (Å²) in [5.41, 5.74) is 1.21. The number of imidazole rings is 1. The van der Waals surface area contributed by atoms with E-state index < -0.39 is 11.9 Å². The lowest BCUT2D eigenvalue weighted by atomic mass is 9.76. The number of nitrogens with one attached hydrogen (secondary N) is 1. The minimum atomic E-state index is -0.643. The fourth-order valence-corrected chi connectivity index (χ4v) is 3.01. The zero-order valence-corrected chi connectivity index (χ0v) is 12.7. The number of aryl methyl sites for hydroxylation is 1. The Labute approximate surface area is 128 Å². The molecule has 0 radical (unpaired) electrons. The predicted molar refractivity (Wildman–Crippen MR) is 80.2 cm³/mol. The highest BCUT2D eigenvalue weighted by Gasteiger charge is 2.34. The zero-order valence-electron chi connectivity index (χ0n) is 12.7. The Balaban J connectivity index is 1.81. The maximum absolute atomic E-state index is 14.3. The van der Waals surface area contributed by atoms with Crippen LogP contribution in [0.15, 0.2) is 18.3 Å². The number of halogens is 1. The van der Waals surface area contributed by atoms with Crippen LogP contribution >= 0.6 is 0 Å². The lowest BCUT2D eigenvalue weighted by Crippen LogP contribution is -2.46. The van der Waals surface area contributed by atoms with Gasteiger partial charge in [0.25, 0.3) is 5.91 Å². The van der Waals surface area contributed by atoms with Crippen LogP contribution in [0.4, 0.5) is 4.39 Å². The summed E-state index contributed by atoms with van der Waals surface area (Å²) >= 11 is 0. The lowest BCUT2D eigenvalue weighted by molar-refractivity contribution is 0.0231. The molecule has 0 bridgehead atoms. The largest absolute Gasteiger partial charge is 0.393 e. The van der Waals surface area contributed by atoms with Crippen molar-refractivity contribution in [2.45, 2.75) is 45.3 Å². The summed E-state index contributed by atoms with van der Waals surface area (Å²) in [5.74, 6) is -0.880. The highest BCUT2D eigenvalue weighted by Crippen LogP contribution is 2.31. The highest BCUT2D eigenvalue weighted by atomic mass is 19.1. The molecule has 22 heavy (non-hydrogen) atoms. The van der Waals surface area contributed by atoms with Gasteiger partial charge in [-0.25, -0.2) is 4.98 Å². The second-order valence-corrected chi connectivity index (χ2v) is 6.06. The van der Waals surface area contributed by atoms with Crippen LogP contribution in [0.1, 0.15) is 42.2 Å². The number of hydrogen-bond donors (Lipinski definition) is 2. The Morgan fingerprint density at radius 1 is 1.59 bits per heavy atom. The summed E-state index contributed by atoms with van der Waals surface area (Å²) in [5, 5.41) is 12.2. The molecular formula is C16H20FN3O2. The number of amides is 1. The Bertz CT molecular complexity index is 707. The van der Waals surface area contributed by atoms with Gasteiger partial charge in [-0.2, -0.15) is 4.39 Å². The predicted octanol–water partition coefficient (Wildman–Crippen LogP) is 2.06. The summed E-state index contributed by atoms with van der Waals surface area (Å²) in [6.45, 7) is 3.86. The number of fused-ring (bicyclic) bond motifs is 1. The summed E-state index contributed by atoms with van der Waals surface area (Å²) in [6, 6.07) is 3.45. The molecule has 1 aliphatic carbocycles. The standard InChI is InChI=1S/C16H20FN3O2/c1-3-12(10-7-11(21)8-10)18-16(22)14-15(17)20-5-4-9(2)6-13(20)19-14/h4-6,10-12,21H,3,7-8H2,1-2H3,(H,18,22)/t10?,11?,12-/m0/s1. The smallest absolute Gasteiger partial charge is 0.274 e. The first-order chi connectivity index (χ1) is 10.5. The van der Waals surface area contributed by atoms with Crippen LogP contribution in [-0.4, -0.2) is 32.5 Å². The molecule has 1 fully saturated rings. The second kappa shape index (κ2) is 5.68. The summed E-state index contributed by atoms with van der Waals surface area (Å²) in [4.78, 5) is 16.4. The first-order valence-electron chi connectivity index (χ1n) is 7.62. The van der Waals surface area contributed by atoms with E-state index in [2.05, 4.69) is 10.3 Å². The SMILES string of the molecule is CC[C@H](NC(=O)c1nc2cc(C)ccn2c1F)C1CC(O)C1. The van der Waals surface area contributed by atoms with Crippen molar-refractivity contribution in [3.63, 3.8) is 0 Å². The molecule has 2 N–H and O–H groups in total. The molecule has 6 heteroatoms. The van der Waals surface area contributed by atoms with Gasteiger partial charge in [0.05, 0.1) is 6.10 Å². The Hall–Kier alpha value is -1.95. The molecule has 0 unspecified atom stereocenters. The number of aliphatic hydroxyl groups is 1. The van der Waals surface area contributed by atoms with Gasteiger partial charge < -0.3 is 10.4 Å². The van der Waals surface area contributed by atoms with E-state index in [4.69, 9.17) is 0 Å². The normalized spacial score (nSPS) is 22.4. The van der Waals surface area contributed by atoms with Gasteiger partial charge in [-0.1, -0.05) is 6.92 Å². The molecule has 2 heterocycles. The molecule has 0 saturated heterocycles. The Morgan fingerprint density at radius 2 is 2.32 bits per heavy atom. The van der Waals surface area contributed by atoms with Crippen molar-refractivity contribution >= 4 is 11.6 Å². The maximum Gasteiger partial charge on any atom is 0.274 e. The van der Waals surface area contributed by atoms with E-state index in [9.17, 15) is 14.3 Å². The van der Waals surface area contributed by atoms with Crippen molar-refractivity contribution in [2.24, 2.45) is 5.92 Å². The molecule has 1 saturated carbocycles. The van der Waals surface area contributed by atoms with E-state index in [1.165, 1.54) is 4.40 Å². The number of carbonyl (C=O) groups excluding carboxylic acids is 1. The third-order valence-electron chi connectivity index (χ3n) is 4.41. The first-order valence-corrected chi connectivity index (χ1v) is 7.62. The van der Waals surface area contributed by atoms with E-state index in [1.54, 1.807) is 18.3 Å². The maximum atomic E-state index is 14.3. The van der Waals surface area contributed by atoms with Gasteiger partial charge in [0, 0.05) is 12.2 Å². The summed E-state index contributed by atoms with van der Waals surface area (Å²) in [7, 11) is 0. The number of aromatic nitrogens is 2. The molecule has 0 aromatic carbocycles. The van der Waals surface area contributed by atoms with Crippen molar-refractivity contribution in [1.29, 1.82) is 0 Å². The van der Waals surface area contributed by atoms with E-state index in [-0.39, 0.29) is 23.8 Å². The minimum Gasteiger partial charge on any atom is -0.393 e. The van der Waals surface area contributed by atoms with E-state index in [0.29, 0.717) is 18.5 Å². The van der Waals surface area contributed by atoms with Crippen LogP contribution < -0.4 is 5.32 Å². The lowest BCUT2D eigenvalue weighted by Gasteiger charge is -2.37. The number of rotatable bonds is 4. The van der Waals surface area contributed by atoms with E-state index in [1.807, 2.05) is 13.8 Å². The van der Waals surface area contributed by atoms with Crippen LogP contribution in [0.5, 0.6) is 0 Å². The van der Waals surface area contributed by atoms with E-state index >= 15 is 0 Å². The van der Waals surface area contributed by atoms with Crippen LogP contribution in [-0.2, 0) is 0 Å². The fourth-order valence-electron chi connectivity index (χ4n) is 3.01. The number of aliphatic hydroxyl groups excluding tert-OH is 1. The number of pyridine rings is 1. The Kier molecular flexibility index (Phi) is 3.87. The average Bonchev–Trinajstić information content (AvgIpc) is 2.78. The van der Waals surface area contributed by atoms with Gasteiger partial charge in [0.2, 0.25) is 5.95 Å². The molecule has 2 aromatic heterocycles. The first kappa shape index (κ1) is 15.0. The molecule has 5 nitrogen and oxygen atoms in total. The van der Waals surface area contributed by atoms with E-state index in [0.717, 1.165) is 12.0 Å². The van der Waals surface area contributed by atoms with Crippen LogP contribution in [0, 0.1) is 18.8 Å². The van der Waals surface area contributed by atoms with Gasteiger partial charge in [-0.15, -0.1) is 0 Å². The van der Waals surface area contributed by atoms with Crippen molar-refractivity contribution < 1.29 is 14.3 Å². The Morgan fingerprint density at radius 3 is 2.95 bits per heavy atom. The summed E-state index contributed by atoms with van der Waals surface area (Å²) in [6.07, 6.45) is 3.42. The van der Waals surface area contributed by atoms with Crippen molar-refractivity contribution in [2.75, 3.05) is 0 Å². The quantitative estimate of drug-likeness (QED) is 0.908. The van der Waals surface area contributed by atoms with Crippen LogP contribution in [0.2, 0.25) is 0 Å². The molecule has 1 atom stereocenters. The van der Waals surface area contributed by atoms with Gasteiger partial charge in [0.1, 0.15) is 5.65 Å². The number of carbonyl (C=O) groups is 1. The van der Waals surface area contributed by atoms with Gasteiger partial charge >= 0.3 is 0 Å². The fraction of sp³-hybridized carbons (Fsp3) is 0.500. The average molecular weight is 305 g/mol. The molecule has 2 aromatic rings. The zero-order chi connectivity index (χ0) is 15.9. The number of nitrogens with zero attached hydrogens (tertiary/aromatic N) is 2. The highest BCUT2D eigenvalue weighted by molar-refractivity contribution is 5.93. The summed E-state index contributed by atoms with van der Waals surface area (Å²) < 4.78 is 15.6. The van der Waals surface area contributed by atoms with Gasteiger partial charge in [-0.3, -0.25) is 9.20 Å². The molecular weight excluding hydrogens is 285 g/mol. The monoisotopic (exact) mass is 305 g/mol. The van der Waals surface area contributed by atoms with Gasteiger partial charge in [-0.05, 0) is 49.8 Å². The third-order valence-corrected chi connectivity index (χ3v) is 4.41. The van der Waals surface area contributed by atoms with Crippen molar-refractivity contribution in [3.8, 4) is 0 Å². The third kappa shape index (κ3) is 2.59. The van der Waals surface area contributed by atoms with Crippen LogP contribution in [0.3, 0.4) is 0 Å². The van der Waals surface area contributed by atoms with Gasteiger partial charge in [0.15, 0.2) is 5.69 Å². The topological polar surface area (TPSA) is 66.6 Å². The van der Waals surface area contributed by atoms with Crippen molar-refractivity contribution in [3.05, 3.63) is 35.5 Å². The molecule has 1 aliphatic rings. The molecule has 0 aliphatic heterocycles. The molecule has 118 valence electrons. The number of hydrogen-bond acceptors (Lipinski definition) is 3. The van der Waals surface area contributed by atoms with Crippen molar-refractivity contribution in [1.82, 2.24) is 14.7 Å². The molecule has 0 spiro atoms. The minimum absolute atomic E-state index is 0.0538. The second-order valence-electron chi connectivity index (χ2n) is 6.06. The molecule has 3 rings (SSSR count).